The van der Waals surface area contributed by atoms with Crippen LogP contribution in [0.5, 0.6) is 0 Å². The summed E-state index contributed by atoms with van der Waals surface area (Å²) in [6, 6.07) is 11.1. The van der Waals surface area contributed by atoms with Crippen LogP contribution in [0.1, 0.15) is 57.8 Å². The fourth-order valence-corrected chi connectivity index (χ4v) is 11.8. The Morgan fingerprint density at radius 3 is 2.12 bits per heavy atom. The van der Waals surface area contributed by atoms with E-state index < -0.39 is 0 Å². The van der Waals surface area contributed by atoms with E-state index in [0.717, 1.165) is 23.7 Å². The first kappa shape index (κ1) is 30.3. The van der Waals surface area contributed by atoms with Crippen LogP contribution in [0.25, 0.3) is 0 Å². The summed E-state index contributed by atoms with van der Waals surface area (Å²) in [5, 5.41) is 8.03. The Hall–Kier alpha value is -0.781. The van der Waals surface area contributed by atoms with Crippen LogP contribution in [-0.4, -0.2) is 36.5 Å². The average molecular weight is 627 g/mol. The smallest absolute Gasteiger partial charge is 0.313 e. The molecule has 220 valence electrons. The molecule has 4 saturated carbocycles. The molecule has 1 aromatic carbocycles. The number of hydrogen-bond donors (Lipinski definition) is 2. The van der Waals surface area contributed by atoms with Gasteiger partial charge in [0, 0.05) is 17.2 Å². The van der Waals surface area contributed by atoms with Gasteiger partial charge in [-0.05, 0) is 117 Å². The van der Waals surface area contributed by atoms with Crippen LogP contribution < -0.4 is 10.6 Å². The van der Waals surface area contributed by atoms with Gasteiger partial charge in [0.15, 0.2) is 0 Å². The van der Waals surface area contributed by atoms with Crippen molar-refractivity contribution in [3.8, 4) is 0 Å². The molecular weight excluding hydrogens is 578 g/mol. The van der Waals surface area contributed by atoms with Crippen molar-refractivity contribution < 1.29 is 17.1 Å². The summed E-state index contributed by atoms with van der Waals surface area (Å²) in [6.07, 6.45) is 30.4. The van der Waals surface area contributed by atoms with Crippen molar-refractivity contribution in [1.29, 1.82) is 0 Å². The molecule has 2 N–H and O–H groups in total. The summed E-state index contributed by atoms with van der Waals surface area (Å²) in [5.41, 5.74) is 6.64. The van der Waals surface area contributed by atoms with Crippen molar-refractivity contribution in [2.24, 2.45) is 29.1 Å². The zero-order valence-electron chi connectivity index (χ0n) is 24.4. The maximum atomic E-state index is 3.98. The van der Waals surface area contributed by atoms with Crippen molar-refractivity contribution in [1.82, 2.24) is 10.6 Å². The van der Waals surface area contributed by atoms with Crippen molar-refractivity contribution in [2.45, 2.75) is 75.0 Å². The van der Waals surface area contributed by atoms with Gasteiger partial charge >= 0.3 is 17.1 Å². The Kier molecular flexibility index (Phi) is 9.36. The van der Waals surface area contributed by atoms with Gasteiger partial charge in [-0.1, -0.05) is 17.7 Å². The third-order valence-corrected chi connectivity index (χ3v) is 13.2. The number of hydrogen-bond acceptors (Lipinski definition) is 2. The summed E-state index contributed by atoms with van der Waals surface area (Å²) in [7, 11) is 6.70. The van der Waals surface area contributed by atoms with E-state index in [0.29, 0.717) is 17.5 Å². The fourth-order valence-electron chi connectivity index (χ4n) is 10.2. The molecule has 41 heavy (non-hydrogen) atoms. The monoisotopic (exact) mass is 626 g/mol. The first-order valence-electron chi connectivity index (χ1n) is 16.1. The van der Waals surface area contributed by atoms with Crippen LogP contribution in [0.3, 0.4) is 0 Å². The Bertz CT molecular complexity index is 1140. The summed E-state index contributed by atoms with van der Waals surface area (Å²) in [5.74, 6) is 3.68. The quantitative estimate of drug-likeness (QED) is 0.204. The molecule has 7 atom stereocenters. The summed E-state index contributed by atoms with van der Waals surface area (Å²) >= 11 is 0. The van der Waals surface area contributed by atoms with E-state index in [1.165, 1.54) is 88.2 Å². The molecule has 6 aliphatic carbocycles. The molecule has 2 aliphatic heterocycles. The SMILES string of the molecule is PCC1C2CC3CC(C2)CC1(C1=CC(=C2C=CC=C[CH-]2)C=C1C(P)(C1CCCN1)C1CCCN1)C3.[Fe+2].c1cc[cH-]c1. The number of allylic oxidation sites excluding steroid dienone is 9. The second-order valence-corrected chi connectivity index (χ2v) is 15.2. The second kappa shape index (κ2) is 12.7. The molecule has 2 nitrogen and oxygen atoms in total. The zero-order chi connectivity index (χ0) is 27.2. The molecule has 2 heterocycles. The van der Waals surface area contributed by atoms with Gasteiger partial charge in [0.1, 0.15) is 0 Å². The van der Waals surface area contributed by atoms with Gasteiger partial charge in [-0.3, -0.25) is 0 Å². The topological polar surface area (TPSA) is 24.1 Å². The zero-order valence-corrected chi connectivity index (χ0v) is 27.8. The molecule has 2 saturated heterocycles. The van der Waals surface area contributed by atoms with Gasteiger partial charge in [0.2, 0.25) is 0 Å². The molecule has 0 amide bonds. The van der Waals surface area contributed by atoms with Crippen LogP contribution in [0, 0.1) is 35.5 Å². The van der Waals surface area contributed by atoms with E-state index in [9.17, 15) is 0 Å². The first-order valence-corrected chi connectivity index (χ1v) is 17.5. The van der Waals surface area contributed by atoms with Gasteiger partial charge in [-0.2, -0.15) is 18.2 Å². The minimum absolute atomic E-state index is 0. The second-order valence-electron chi connectivity index (χ2n) is 13.7. The van der Waals surface area contributed by atoms with Crippen molar-refractivity contribution >= 4 is 18.5 Å². The van der Waals surface area contributed by atoms with Crippen LogP contribution in [0.2, 0.25) is 0 Å². The Morgan fingerprint density at radius 2 is 1.61 bits per heavy atom. The third kappa shape index (κ3) is 5.41. The average Bonchev–Trinajstić information content (AvgIpc) is 3.80. The molecule has 0 radical (unpaired) electrons. The number of nitrogens with one attached hydrogen (secondary N) is 2. The van der Waals surface area contributed by atoms with Crippen molar-refractivity contribution in [2.75, 3.05) is 19.3 Å². The van der Waals surface area contributed by atoms with Gasteiger partial charge in [-0.15, -0.1) is 54.8 Å². The Labute approximate surface area is 264 Å². The summed E-state index contributed by atoms with van der Waals surface area (Å²) in [6.45, 7) is 2.33. The molecule has 8 aliphatic rings. The standard InChI is InChI=1S/C31H43N2P2.C5H5.Fe/c34-19-27-24-13-20-12-21(14-24)18-30(27,17-20)25-15-23(22-6-2-1-3-7-22)16-26(25)31(35,28-8-4-10-32-28)29-9-5-11-33-29;1-2-4-5-3-1;/h1-3,6-7,15-16,20-21,24,27-29,32-33H,4-5,8-14,17-19,34-35H2;1-5H;/q2*-1;+2. The van der Waals surface area contributed by atoms with Crippen LogP contribution >= 0.6 is 18.5 Å². The molecule has 0 aromatic heterocycles. The summed E-state index contributed by atoms with van der Waals surface area (Å²) in [4.78, 5) is 0. The van der Waals surface area contributed by atoms with Crippen LogP contribution in [0.4, 0.5) is 0 Å². The van der Waals surface area contributed by atoms with E-state index in [1.807, 2.05) is 30.3 Å². The minimum Gasteiger partial charge on any atom is -0.313 e. The van der Waals surface area contributed by atoms with E-state index in [1.54, 1.807) is 11.1 Å². The predicted molar refractivity (Wildman–Crippen MR) is 176 cm³/mol. The largest absolute Gasteiger partial charge is 2.00 e. The molecule has 6 fully saturated rings. The van der Waals surface area contributed by atoms with Crippen LogP contribution in [-0.2, 0) is 17.1 Å². The Balaban J connectivity index is 0.000000458. The van der Waals surface area contributed by atoms with Gasteiger partial charge in [0.25, 0.3) is 0 Å². The normalized spacial score (nSPS) is 39.9. The van der Waals surface area contributed by atoms with Gasteiger partial charge < -0.3 is 10.6 Å². The van der Waals surface area contributed by atoms with Crippen LogP contribution in [0.15, 0.2) is 89.1 Å². The van der Waals surface area contributed by atoms with E-state index in [2.05, 4.69) is 72.0 Å². The summed E-state index contributed by atoms with van der Waals surface area (Å²) < 4.78 is 0. The molecule has 1 aromatic rings. The maximum Gasteiger partial charge on any atom is 2.00 e. The predicted octanol–water partition coefficient (Wildman–Crippen LogP) is 7.32. The molecule has 9 rings (SSSR count). The molecule has 7 unspecified atom stereocenters. The Morgan fingerprint density at radius 1 is 0.927 bits per heavy atom. The maximum absolute atomic E-state index is 3.98. The van der Waals surface area contributed by atoms with Gasteiger partial charge in [-0.25, -0.2) is 12.1 Å². The minimum atomic E-state index is 0. The third-order valence-electron chi connectivity index (χ3n) is 11.6. The molecule has 5 heteroatoms. The molecule has 0 spiro atoms. The van der Waals surface area contributed by atoms with Gasteiger partial charge in [0.05, 0.1) is 0 Å². The van der Waals surface area contributed by atoms with E-state index >= 15 is 0 Å². The number of rotatable bonds is 5. The van der Waals surface area contributed by atoms with Crippen molar-refractivity contribution in [3.05, 3.63) is 95.5 Å². The van der Waals surface area contributed by atoms with E-state index in [-0.39, 0.29) is 22.2 Å². The van der Waals surface area contributed by atoms with Crippen molar-refractivity contribution in [3.63, 3.8) is 0 Å². The molecular formula is C36H48FeN2P2. The molecule has 4 bridgehead atoms. The fraction of sp³-hybridized carbons (Fsp3) is 0.556. The first-order chi connectivity index (χ1) is 19.6. The van der Waals surface area contributed by atoms with E-state index in [4.69, 9.17) is 0 Å².